The fourth-order valence-corrected chi connectivity index (χ4v) is 2.55. The van der Waals surface area contributed by atoms with E-state index in [2.05, 4.69) is 26.8 Å². The minimum absolute atomic E-state index is 0.802. The van der Waals surface area contributed by atoms with Crippen LogP contribution in [0.2, 0.25) is 0 Å². The number of anilines is 1. The van der Waals surface area contributed by atoms with Crippen LogP contribution in [-0.2, 0) is 20.1 Å². The summed E-state index contributed by atoms with van der Waals surface area (Å²) in [5.74, 6) is 0.969. The zero-order valence-electron chi connectivity index (χ0n) is 11.3. The van der Waals surface area contributed by atoms with Gasteiger partial charge in [-0.05, 0) is 6.92 Å². The molecule has 2 aromatic heterocycles. The monoisotopic (exact) mass is 265 g/mol. The maximum atomic E-state index is 4.38. The van der Waals surface area contributed by atoms with Crippen molar-refractivity contribution in [3.8, 4) is 0 Å². The minimum atomic E-state index is 0.802. The number of nitrogens with zero attached hydrogens (tertiary/aromatic N) is 4. The van der Waals surface area contributed by atoms with Gasteiger partial charge in [-0.1, -0.05) is 0 Å². The molecule has 0 atom stereocenters. The van der Waals surface area contributed by atoms with Crippen LogP contribution in [0.3, 0.4) is 0 Å². The van der Waals surface area contributed by atoms with E-state index in [9.17, 15) is 0 Å². The van der Waals surface area contributed by atoms with Gasteiger partial charge in [0.25, 0.3) is 0 Å². The number of nitrogens with one attached hydrogen (secondary N) is 1. The first-order valence-corrected chi connectivity index (χ1v) is 6.69. The maximum Gasteiger partial charge on any atom is 0.204 e. The normalized spacial score (nSPS) is 10.9. The lowest BCUT2D eigenvalue weighted by Crippen LogP contribution is -2.18. The fourth-order valence-electron chi connectivity index (χ4n) is 1.79. The van der Waals surface area contributed by atoms with Crippen molar-refractivity contribution in [1.29, 1.82) is 0 Å². The standard InChI is InChI=1S/C12H19N5S/c1-9-5-14-11(18-9)8-13-6-10-7-15-12(16(2)3)17(10)4/h5,7,13H,6,8H2,1-4H3. The molecule has 0 aromatic carbocycles. The highest BCUT2D eigenvalue weighted by atomic mass is 32.1. The number of rotatable bonds is 5. The quantitative estimate of drug-likeness (QED) is 0.891. The first-order valence-electron chi connectivity index (χ1n) is 5.88. The molecule has 18 heavy (non-hydrogen) atoms. The third-order valence-corrected chi connectivity index (χ3v) is 3.62. The molecule has 0 aliphatic heterocycles. The van der Waals surface area contributed by atoms with E-state index in [-0.39, 0.29) is 0 Å². The van der Waals surface area contributed by atoms with Crippen molar-refractivity contribution in [3.05, 3.63) is 28.0 Å². The van der Waals surface area contributed by atoms with Gasteiger partial charge in [-0.25, -0.2) is 9.97 Å². The molecule has 0 saturated heterocycles. The van der Waals surface area contributed by atoms with Crippen molar-refractivity contribution >= 4 is 17.3 Å². The SMILES string of the molecule is Cc1cnc(CNCc2cnc(N(C)C)n2C)s1. The van der Waals surface area contributed by atoms with E-state index in [4.69, 9.17) is 0 Å². The Labute approximate surface area is 111 Å². The highest BCUT2D eigenvalue weighted by molar-refractivity contribution is 7.11. The van der Waals surface area contributed by atoms with Gasteiger partial charge in [0.15, 0.2) is 0 Å². The molecule has 2 heterocycles. The summed E-state index contributed by atoms with van der Waals surface area (Å²) in [5, 5.41) is 4.52. The molecule has 2 aromatic rings. The predicted molar refractivity (Wildman–Crippen MR) is 74.9 cm³/mol. The molecular weight excluding hydrogens is 246 g/mol. The summed E-state index contributed by atoms with van der Waals surface area (Å²) < 4.78 is 2.10. The second-order valence-electron chi connectivity index (χ2n) is 4.47. The van der Waals surface area contributed by atoms with Crippen molar-refractivity contribution in [2.24, 2.45) is 7.05 Å². The van der Waals surface area contributed by atoms with E-state index < -0.39 is 0 Å². The Hall–Kier alpha value is -1.40. The van der Waals surface area contributed by atoms with Crippen LogP contribution in [0.4, 0.5) is 5.95 Å². The number of aryl methyl sites for hydroxylation is 1. The van der Waals surface area contributed by atoms with Gasteiger partial charge in [0.1, 0.15) is 5.01 Å². The molecule has 5 nitrogen and oxygen atoms in total. The summed E-state index contributed by atoms with van der Waals surface area (Å²) in [6, 6.07) is 0. The fraction of sp³-hybridized carbons (Fsp3) is 0.500. The van der Waals surface area contributed by atoms with Crippen molar-refractivity contribution in [2.45, 2.75) is 20.0 Å². The lowest BCUT2D eigenvalue weighted by molar-refractivity contribution is 0.652. The summed E-state index contributed by atoms with van der Waals surface area (Å²) in [7, 11) is 6.03. The Bertz CT molecular complexity index is 514. The van der Waals surface area contributed by atoms with Crippen LogP contribution in [0.1, 0.15) is 15.6 Å². The van der Waals surface area contributed by atoms with E-state index >= 15 is 0 Å². The Balaban J connectivity index is 1.90. The van der Waals surface area contributed by atoms with Gasteiger partial charge in [0.2, 0.25) is 5.95 Å². The molecule has 2 rings (SSSR count). The highest BCUT2D eigenvalue weighted by Gasteiger charge is 2.07. The highest BCUT2D eigenvalue weighted by Crippen LogP contribution is 2.12. The smallest absolute Gasteiger partial charge is 0.204 e. The van der Waals surface area contributed by atoms with Gasteiger partial charge >= 0.3 is 0 Å². The Morgan fingerprint density at radius 2 is 2.06 bits per heavy atom. The van der Waals surface area contributed by atoms with Gasteiger partial charge in [-0.3, -0.25) is 0 Å². The first kappa shape index (κ1) is 13.0. The first-order chi connectivity index (χ1) is 8.58. The van der Waals surface area contributed by atoms with E-state index in [1.807, 2.05) is 38.4 Å². The molecule has 0 aliphatic carbocycles. The van der Waals surface area contributed by atoms with Crippen molar-refractivity contribution in [2.75, 3.05) is 19.0 Å². The van der Waals surface area contributed by atoms with Crippen LogP contribution < -0.4 is 10.2 Å². The molecule has 0 aliphatic rings. The summed E-state index contributed by atoms with van der Waals surface area (Å²) in [6.45, 7) is 3.68. The molecule has 0 fully saturated rings. The van der Waals surface area contributed by atoms with Crippen LogP contribution in [0.5, 0.6) is 0 Å². The third-order valence-electron chi connectivity index (χ3n) is 2.71. The summed E-state index contributed by atoms with van der Waals surface area (Å²) >= 11 is 1.73. The number of imidazole rings is 1. The zero-order valence-corrected chi connectivity index (χ0v) is 12.1. The number of aromatic nitrogens is 3. The molecular formula is C12H19N5S. The minimum Gasteiger partial charge on any atom is -0.348 e. The number of thiazole rings is 1. The number of hydrogen-bond donors (Lipinski definition) is 1. The van der Waals surface area contributed by atoms with E-state index in [0.717, 1.165) is 24.0 Å². The molecule has 0 radical (unpaired) electrons. The van der Waals surface area contributed by atoms with Gasteiger partial charge < -0.3 is 14.8 Å². The second-order valence-corrected chi connectivity index (χ2v) is 5.79. The van der Waals surface area contributed by atoms with Gasteiger partial charge in [-0.2, -0.15) is 0 Å². The maximum absolute atomic E-state index is 4.38. The molecule has 98 valence electrons. The van der Waals surface area contributed by atoms with Crippen LogP contribution in [-0.4, -0.2) is 28.6 Å². The van der Waals surface area contributed by atoms with Crippen LogP contribution >= 0.6 is 11.3 Å². The largest absolute Gasteiger partial charge is 0.348 e. The molecule has 6 heteroatoms. The summed E-state index contributed by atoms with van der Waals surface area (Å²) in [5.41, 5.74) is 1.17. The molecule has 0 spiro atoms. The topological polar surface area (TPSA) is 46.0 Å². The molecule has 0 saturated carbocycles. The van der Waals surface area contributed by atoms with Crippen LogP contribution in [0.25, 0.3) is 0 Å². The van der Waals surface area contributed by atoms with E-state index in [0.29, 0.717) is 0 Å². The lowest BCUT2D eigenvalue weighted by Gasteiger charge is -2.12. The Morgan fingerprint density at radius 1 is 1.28 bits per heavy atom. The van der Waals surface area contributed by atoms with Gasteiger partial charge in [0, 0.05) is 45.3 Å². The summed E-state index contributed by atoms with van der Waals surface area (Å²) in [4.78, 5) is 12.0. The number of hydrogen-bond acceptors (Lipinski definition) is 5. The summed E-state index contributed by atoms with van der Waals surface area (Å²) in [6.07, 6.45) is 3.82. The molecule has 0 bridgehead atoms. The molecule has 0 amide bonds. The third kappa shape index (κ3) is 2.88. The average molecular weight is 265 g/mol. The van der Waals surface area contributed by atoms with Crippen LogP contribution in [0.15, 0.2) is 12.4 Å². The Morgan fingerprint density at radius 3 is 2.61 bits per heavy atom. The van der Waals surface area contributed by atoms with E-state index in [1.165, 1.54) is 10.6 Å². The van der Waals surface area contributed by atoms with Crippen LogP contribution in [0, 0.1) is 6.92 Å². The van der Waals surface area contributed by atoms with Crippen molar-refractivity contribution in [3.63, 3.8) is 0 Å². The van der Waals surface area contributed by atoms with Crippen molar-refractivity contribution in [1.82, 2.24) is 19.9 Å². The average Bonchev–Trinajstić information content (AvgIpc) is 2.87. The molecule has 0 unspecified atom stereocenters. The Kier molecular flexibility index (Phi) is 3.98. The van der Waals surface area contributed by atoms with Gasteiger partial charge in [-0.15, -0.1) is 11.3 Å². The van der Waals surface area contributed by atoms with Gasteiger partial charge in [0.05, 0.1) is 11.9 Å². The molecule has 1 N–H and O–H groups in total. The van der Waals surface area contributed by atoms with E-state index in [1.54, 1.807) is 11.3 Å². The predicted octanol–water partition coefficient (Wildman–Crippen LogP) is 1.54. The lowest BCUT2D eigenvalue weighted by atomic mass is 10.4. The second kappa shape index (κ2) is 5.49. The zero-order chi connectivity index (χ0) is 13.1. The van der Waals surface area contributed by atoms with Crippen molar-refractivity contribution < 1.29 is 0 Å².